The molecular weight excluding hydrogens is 400 g/mol. The summed E-state index contributed by atoms with van der Waals surface area (Å²) >= 11 is 0. The first kappa shape index (κ1) is 20.4. The van der Waals surface area contributed by atoms with Crippen molar-refractivity contribution in [1.29, 1.82) is 0 Å². The number of aromatic nitrogens is 2. The number of amides is 2. The molecule has 1 fully saturated rings. The molecular formula is C22H22N4O5. The summed E-state index contributed by atoms with van der Waals surface area (Å²) in [6, 6.07) is 14.0. The van der Waals surface area contributed by atoms with Gasteiger partial charge in [-0.05, 0) is 55.5 Å². The zero-order valence-electron chi connectivity index (χ0n) is 17.2. The first-order valence-corrected chi connectivity index (χ1v) is 9.89. The van der Waals surface area contributed by atoms with Crippen LogP contribution in [0.3, 0.4) is 0 Å². The van der Waals surface area contributed by atoms with Crippen LogP contribution in [0, 0.1) is 0 Å². The molecule has 31 heavy (non-hydrogen) atoms. The Morgan fingerprint density at radius 2 is 1.84 bits per heavy atom. The lowest BCUT2D eigenvalue weighted by Gasteiger charge is -2.16. The molecule has 4 rings (SSSR count). The predicted molar refractivity (Wildman–Crippen MR) is 113 cm³/mol. The van der Waals surface area contributed by atoms with Gasteiger partial charge in [0.25, 0.3) is 5.91 Å². The van der Waals surface area contributed by atoms with Crippen LogP contribution < -0.4 is 19.7 Å². The fraction of sp³-hybridized carbons (Fsp3) is 0.273. The van der Waals surface area contributed by atoms with E-state index in [1.807, 2.05) is 31.2 Å². The number of hydrogen-bond acceptors (Lipinski definition) is 7. The minimum Gasteiger partial charge on any atom is -0.497 e. The van der Waals surface area contributed by atoms with E-state index < -0.39 is 0 Å². The molecule has 1 atom stereocenters. The highest BCUT2D eigenvalue weighted by molar-refractivity contribution is 6.03. The van der Waals surface area contributed by atoms with Gasteiger partial charge in [-0.15, -0.1) is 5.10 Å². The summed E-state index contributed by atoms with van der Waals surface area (Å²) in [7, 11) is 1.56. The van der Waals surface area contributed by atoms with E-state index in [4.69, 9.17) is 13.9 Å². The third-order valence-corrected chi connectivity index (χ3v) is 4.95. The van der Waals surface area contributed by atoms with E-state index in [-0.39, 0.29) is 30.2 Å². The lowest BCUT2D eigenvalue weighted by molar-refractivity contribution is -0.117. The maximum Gasteiger partial charge on any atom is 0.322 e. The van der Waals surface area contributed by atoms with Gasteiger partial charge in [0, 0.05) is 24.2 Å². The second-order valence-corrected chi connectivity index (χ2v) is 6.96. The summed E-state index contributed by atoms with van der Waals surface area (Å²) in [6.45, 7) is 2.92. The van der Waals surface area contributed by atoms with Crippen molar-refractivity contribution in [3.05, 3.63) is 60.0 Å². The Morgan fingerprint density at radius 3 is 2.52 bits per heavy atom. The second kappa shape index (κ2) is 8.86. The van der Waals surface area contributed by atoms with Gasteiger partial charge in [-0.2, -0.15) is 0 Å². The van der Waals surface area contributed by atoms with Crippen LogP contribution in [0.4, 0.5) is 11.7 Å². The number of ether oxygens (including phenoxy) is 2. The van der Waals surface area contributed by atoms with Gasteiger partial charge in [-0.3, -0.25) is 14.9 Å². The Morgan fingerprint density at radius 1 is 1.13 bits per heavy atom. The molecule has 2 aromatic carbocycles. The first-order chi connectivity index (χ1) is 15.1. The molecule has 1 aromatic heterocycles. The van der Waals surface area contributed by atoms with E-state index in [2.05, 4.69) is 15.5 Å². The third-order valence-electron chi connectivity index (χ3n) is 4.95. The summed E-state index contributed by atoms with van der Waals surface area (Å²) in [6.07, 6.45) is 0.251. The number of nitrogens with zero attached hydrogens (tertiary/aromatic N) is 3. The number of anilines is 2. The molecule has 1 saturated heterocycles. The summed E-state index contributed by atoms with van der Waals surface area (Å²) in [5.74, 6) is 1.06. The Bertz CT molecular complexity index is 1060. The van der Waals surface area contributed by atoms with Crippen LogP contribution in [0.5, 0.6) is 11.5 Å². The average Bonchev–Trinajstić information content (AvgIpc) is 3.41. The van der Waals surface area contributed by atoms with Gasteiger partial charge in [0.05, 0.1) is 19.6 Å². The van der Waals surface area contributed by atoms with E-state index in [9.17, 15) is 9.59 Å². The zero-order valence-corrected chi connectivity index (χ0v) is 17.2. The summed E-state index contributed by atoms with van der Waals surface area (Å²) in [4.78, 5) is 26.6. The van der Waals surface area contributed by atoms with Crippen LogP contribution in [0.15, 0.2) is 52.9 Å². The van der Waals surface area contributed by atoms with Crippen molar-refractivity contribution in [2.24, 2.45) is 0 Å². The topological polar surface area (TPSA) is 107 Å². The normalized spacial score (nSPS) is 15.7. The minimum atomic E-state index is -0.378. The molecule has 0 unspecified atom stereocenters. The molecule has 0 saturated carbocycles. The van der Waals surface area contributed by atoms with E-state index in [1.54, 1.807) is 36.3 Å². The molecule has 1 N–H and O–H groups in total. The molecule has 0 spiro atoms. The number of benzene rings is 2. The van der Waals surface area contributed by atoms with Crippen molar-refractivity contribution in [3.63, 3.8) is 0 Å². The molecule has 2 amide bonds. The standard InChI is InChI=1S/C22H22N4O5/c1-3-30-18-10-6-16(7-11-18)26-13-15(12-19(26)27)21-24-25-22(31-21)23-20(28)14-4-8-17(29-2)9-5-14/h4-11,15H,3,12-13H2,1-2H3,(H,23,25,28)/t15-/m1/s1. The SMILES string of the molecule is CCOc1ccc(N2C[C@H](c3nnc(NC(=O)c4ccc(OC)cc4)o3)CC2=O)cc1. The summed E-state index contributed by atoms with van der Waals surface area (Å²) in [5.41, 5.74) is 1.21. The number of nitrogens with one attached hydrogen (secondary N) is 1. The van der Waals surface area contributed by atoms with Crippen molar-refractivity contribution >= 4 is 23.5 Å². The Hall–Kier alpha value is -3.88. The van der Waals surface area contributed by atoms with Crippen molar-refractivity contribution in [2.45, 2.75) is 19.3 Å². The summed E-state index contributed by atoms with van der Waals surface area (Å²) < 4.78 is 16.1. The van der Waals surface area contributed by atoms with Gasteiger partial charge in [-0.25, -0.2) is 0 Å². The van der Waals surface area contributed by atoms with Gasteiger partial charge >= 0.3 is 6.01 Å². The monoisotopic (exact) mass is 422 g/mol. The van der Waals surface area contributed by atoms with Crippen LogP contribution >= 0.6 is 0 Å². The van der Waals surface area contributed by atoms with Crippen LogP contribution in [0.25, 0.3) is 0 Å². The molecule has 9 nitrogen and oxygen atoms in total. The molecule has 1 aliphatic heterocycles. The molecule has 0 bridgehead atoms. The fourth-order valence-corrected chi connectivity index (χ4v) is 3.37. The first-order valence-electron chi connectivity index (χ1n) is 9.89. The van der Waals surface area contributed by atoms with E-state index in [1.165, 1.54) is 0 Å². The molecule has 1 aliphatic rings. The number of hydrogen-bond donors (Lipinski definition) is 1. The van der Waals surface area contributed by atoms with Gasteiger partial charge in [0.2, 0.25) is 11.8 Å². The maximum atomic E-state index is 12.5. The maximum absolute atomic E-state index is 12.5. The van der Waals surface area contributed by atoms with Crippen LogP contribution in [0.2, 0.25) is 0 Å². The van der Waals surface area contributed by atoms with Crippen LogP contribution in [0.1, 0.15) is 35.5 Å². The Kier molecular flexibility index (Phi) is 5.83. The summed E-state index contributed by atoms with van der Waals surface area (Å²) in [5, 5.41) is 10.5. The third kappa shape index (κ3) is 4.50. The minimum absolute atomic E-state index is 0.0113. The smallest absolute Gasteiger partial charge is 0.322 e. The van der Waals surface area contributed by atoms with Gasteiger partial charge in [0.15, 0.2) is 0 Å². The number of methoxy groups -OCH3 is 1. The predicted octanol–water partition coefficient (Wildman–Crippen LogP) is 3.25. The van der Waals surface area contributed by atoms with Gasteiger partial charge in [0.1, 0.15) is 11.5 Å². The molecule has 0 radical (unpaired) electrons. The van der Waals surface area contributed by atoms with Crippen molar-refractivity contribution < 1.29 is 23.5 Å². The van der Waals surface area contributed by atoms with Crippen molar-refractivity contribution in [3.8, 4) is 11.5 Å². The molecule has 9 heteroatoms. The van der Waals surface area contributed by atoms with Crippen LogP contribution in [-0.2, 0) is 4.79 Å². The van der Waals surface area contributed by atoms with Crippen molar-refractivity contribution in [2.75, 3.05) is 30.5 Å². The average molecular weight is 422 g/mol. The number of carbonyl (C=O) groups excluding carboxylic acids is 2. The zero-order chi connectivity index (χ0) is 21.8. The lowest BCUT2D eigenvalue weighted by atomic mass is 10.1. The van der Waals surface area contributed by atoms with E-state index in [0.717, 1.165) is 11.4 Å². The molecule has 3 aromatic rings. The number of carbonyl (C=O) groups is 2. The second-order valence-electron chi connectivity index (χ2n) is 6.96. The van der Waals surface area contributed by atoms with Crippen LogP contribution in [-0.4, -0.2) is 42.3 Å². The van der Waals surface area contributed by atoms with E-state index in [0.29, 0.717) is 30.4 Å². The van der Waals surface area contributed by atoms with Gasteiger partial charge in [-0.1, -0.05) is 5.10 Å². The molecule has 2 heterocycles. The lowest BCUT2D eigenvalue weighted by Crippen LogP contribution is -2.24. The van der Waals surface area contributed by atoms with Crippen molar-refractivity contribution in [1.82, 2.24) is 10.2 Å². The van der Waals surface area contributed by atoms with Gasteiger partial charge < -0.3 is 18.8 Å². The van der Waals surface area contributed by atoms with E-state index >= 15 is 0 Å². The Labute approximate surface area is 179 Å². The highest BCUT2D eigenvalue weighted by Crippen LogP contribution is 2.32. The quantitative estimate of drug-likeness (QED) is 0.623. The Balaban J connectivity index is 1.40. The highest BCUT2D eigenvalue weighted by Gasteiger charge is 2.35. The number of rotatable bonds is 7. The molecule has 160 valence electrons. The largest absolute Gasteiger partial charge is 0.497 e. The molecule has 0 aliphatic carbocycles. The fourth-order valence-electron chi connectivity index (χ4n) is 3.37. The highest BCUT2D eigenvalue weighted by atomic mass is 16.5.